The summed E-state index contributed by atoms with van der Waals surface area (Å²) in [6.45, 7) is 6.19. The van der Waals surface area contributed by atoms with E-state index in [2.05, 4.69) is 47.5 Å². The summed E-state index contributed by atoms with van der Waals surface area (Å²) in [7, 11) is 0. The molecule has 1 N–H and O–H groups in total. The lowest BCUT2D eigenvalue weighted by molar-refractivity contribution is 0.232. The first-order chi connectivity index (χ1) is 9.31. The lowest BCUT2D eigenvalue weighted by atomic mass is 9.75. The van der Waals surface area contributed by atoms with Crippen molar-refractivity contribution >= 4 is 0 Å². The van der Waals surface area contributed by atoms with Gasteiger partial charge in [0.15, 0.2) is 0 Å². The van der Waals surface area contributed by atoms with Crippen molar-refractivity contribution in [1.29, 1.82) is 0 Å². The van der Waals surface area contributed by atoms with Crippen LogP contribution in [0.15, 0.2) is 30.3 Å². The lowest BCUT2D eigenvalue weighted by Gasteiger charge is -2.38. The fourth-order valence-corrected chi connectivity index (χ4v) is 3.56. The molecule has 1 saturated carbocycles. The standard InChI is InChI=1S/C17H26N2/c1-14(13-19-9-5-6-10-19)18-17-11-16(12-17)15-7-3-2-4-8-15/h2-4,7-8,14,16-18H,5-6,9-13H2,1H3. The molecule has 2 nitrogen and oxygen atoms in total. The predicted octanol–water partition coefficient (Wildman–Crippen LogP) is 3.01. The third-order valence-electron chi connectivity index (χ3n) is 4.66. The molecular weight excluding hydrogens is 232 g/mol. The maximum absolute atomic E-state index is 3.80. The van der Waals surface area contributed by atoms with Crippen LogP contribution in [0.4, 0.5) is 0 Å². The van der Waals surface area contributed by atoms with Gasteiger partial charge in [0.25, 0.3) is 0 Å². The van der Waals surface area contributed by atoms with E-state index < -0.39 is 0 Å². The van der Waals surface area contributed by atoms with Gasteiger partial charge in [-0.15, -0.1) is 0 Å². The van der Waals surface area contributed by atoms with E-state index in [0.29, 0.717) is 6.04 Å². The molecule has 1 atom stereocenters. The second kappa shape index (κ2) is 6.06. The van der Waals surface area contributed by atoms with Gasteiger partial charge in [-0.2, -0.15) is 0 Å². The normalized spacial score (nSPS) is 29.1. The highest BCUT2D eigenvalue weighted by atomic mass is 15.2. The molecule has 2 heteroatoms. The minimum Gasteiger partial charge on any atom is -0.310 e. The molecule has 0 amide bonds. The average molecular weight is 258 g/mol. The van der Waals surface area contributed by atoms with Gasteiger partial charge in [0.05, 0.1) is 0 Å². The summed E-state index contributed by atoms with van der Waals surface area (Å²) in [5.74, 6) is 0.790. The van der Waals surface area contributed by atoms with Crippen LogP contribution < -0.4 is 5.32 Å². The van der Waals surface area contributed by atoms with Crippen molar-refractivity contribution in [2.75, 3.05) is 19.6 Å². The third-order valence-corrected chi connectivity index (χ3v) is 4.66. The molecule has 1 aliphatic carbocycles. The van der Waals surface area contributed by atoms with Crippen LogP contribution in [0.25, 0.3) is 0 Å². The third kappa shape index (κ3) is 3.37. The molecule has 3 rings (SSSR count). The first kappa shape index (κ1) is 13.1. The summed E-state index contributed by atoms with van der Waals surface area (Å²) >= 11 is 0. The van der Waals surface area contributed by atoms with Crippen molar-refractivity contribution in [2.45, 2.75) is 50.6 Å². The minimum absolute atomic E-state index is 0.639. The zero-order valence-corrected chi connectivity index (χ0v) is 12.0. The highest BCUT2D eigenvalue weighted by Gasteiger charge is 2.31. The smallest absolute Gasteiger partial charge is 0.0169 e. The van der Waals surface area contributed by atoms with Crippen LogP contribution in [0.5, 0.6) is 0 Å². The number of rotatable bonds is 5. The second-order valence-electron chi connectivity index (χ2n) is 6.35. The topological polar surface area (TPSA) is 15.3 Å². The molecule has 2 fully saturated rings. The minimum atomic E-state index is 0.639. The molecular formula is C17H26N2. The Bertz CT molecular complexity index is 378. The van der Waals surface area contributed by atoms with Crippen molar-refractivity contribution < 1.29 is 0 Å². The van der Waals surface area contributed by atoms with E-state index in [1.807, 2.05) is 0 Å². The number of likely N-dealkylation sites (tertiary alicyclic amines) is 1. The quantitative estimate of drug-likeness (QED) is 0.873. The fraction of sp³-hybridized carbons (Fsp3) is 0.647. The Morgan fingerprint density at radius 1 is 1.16 bits per heavy atom. The van der Waals surface area contributed by atoms with Gasteiger partial charge in [-0.05, 0) is 57.2 Å². The molecule has 0 bridgehead atoms. The van der Waals surface area contributed by atoms with E-state index in [1.165, 1.54) is 50.9 Å². The van der Waals surface area contributed by atoms with E-state index in [1.54, 1.807) is 0 Å². The van der Waals surface area contributed by atoms with Crippen molar-refractivity contribution in [3.63, 3.8) is 0 Å². The molecule has 0 aromatic heterocycles. The van der Waals surface area contributed by atoms with Crippen molar-refractivity contribution in [3.8, 4) is 0 Å². The number of benzene rings is 1. The summed E-state index contributed by atoms with van der Waals surface area (Å²) in [6.07, 6.45) is 5.42. The summed E-state index contributed by atoms with van der Waals surface area (Å²) < 4.78 is 0. The molecule has 104 valence electrons. The van der Waals surface area contributed by atoms with E-state index >= 15 is 0 Å². The Balaban J connectivity index is 1.39. The molecule has 0 radical (unpaired) electrons. The van der Waals surface area contributed by atoms with Gasteiger partial charge in [0.2, 0.25) is 0 Å². The predicted molar refractivity (Wildman–Crippen MR) is 80.5 cm³/mol. The molecule has 1 saturated heterocycles. The molecule has 1 aliphatic heterocycles. The Morgan fingerprint density at radius 2 is 1.84 bits per heavy atom. The molecule has 0 spiro atoms. The van der Waals surface area contributed by atoms with E-state index in [0.717, 1.165) is 12.0 Å². The van der Waals surface area contributed by atoms with Crippen molar-refractivity contribution in [1.82, 2.24) is 10.2 Å². The molecule has 1 heterocycles. The van der Waals surface area contributed by atoms with Crippen molar-refractivity contribution in [3.05, 3.63) is 35.9 Å². The average Bonchev–Trinajstić information content (AvgIpc) is 2.87. The number of hydrogen-bond donors (Lipinski definition) is 1. The summed E-state index contributed by atoms with van der Waals surface area (Å²) in [4.78, 5) is 2.60. The van der Waals surface area contributed by atoms with E-state index in [4.69, 9.17) is 0 Å². The van der Waals surface area contributed by atoms with Crippen LogP contribution in [0.2, 0.25) is 0 Å². The van der Waals surface area contributed by atoms with Gasteiger partial charge in [-0.3, -0.25) is 0 Å². The first-order valence-electron chi connectivity index (χ1n) is 7.84. The summed E-state index contributed by atoms with van der Waals surface area (Å²) in [5, 5.41) is 3.80. The zero-order chi connectivity index (χ0) is 13.1. The molecule has 1 aromatic carbocycles. The highest BCUT2D eigenvalue weighted by molar-refractivity contribution is 5.22. The molecule has 1 aromatic rings. The Morgan fingerprint density at radius 3 is 2.53 bits per heavy atom. The van der Waals surface area contributed by atoms with Crippen molar-refractivity contribution in [2.24, 2.45) is 0 Å². The van der Waals surface area contributed by atoms with Gasteiger partial charge in [-0.1, -0.05) is 30.3 Å². The van der Waals surface area contributed by atoms with Gasteiger partial charge in [-0.25, -0.2) is 0 Å². The molecule has 19 heavy (non-hydrogen) atoms. The molecule has 2 aliphatic rings. The molecule has 1 unspecified atom stereocenters. The fourth-order valence-electron chi connectivity index (χ4n) is 3.56. The van der Waals surface area contributed by atoms with Crippen LogP contribution in [0.1, 0.15) is 44.1 Å². The first-order valence-corrected chi connectivity index (χ1v) is 7.84. The van der Waals surface area contributed by atoms with Crippen LogP contribution in [-0.4, -0.2) is 36.6 Å². The number of hydrogen-bond acceptors (Lipinski definition) is 2. The highest BCUT2D eigenvalue weighted by Crippen LogP contribution is 2.36. The summed E-state index contributed by atoms with van der Waals surface area (Å²) in [5.41, 5.74) is 1.52. The Labute approximate surface area is 117 Å². The lowest BCUT2D eigenvalue weighted by Crippen LogP contribution is -2.48. The maximum atomic E-state index is 3.80. The van der Waals surface area contributed by atoms with Crippen LogP contribution in [0.3, 0.4) is 0 Å². The SMILES string of the molecule is CC(CN1CCCC1)NC1CC(c2ccccc2)C1. The monoisotopic (exact) mass is 258 g/mol. The van der Waals surface area contributed by atoms with E-state index in [9.17, 15) is 0 Å². The zero-order valence-electron chi connectivity index (χ0n) is 12.0. The van der Waals surface area contributed by atoms with Gasteiger partial charge in [0, 0.05) is 18.6 Å². The van der Waals surface area contributed by atoms with Crippen LogP contribution in [0, 0.1) is 0 Å². The number of nitrogens with one attached hydrogen (secondary N) is 1. The van der Waals surface area contributed by atoms with Crippen LogP contribution >= 0.6 is 0 Å². The van der Waals surface area contributed by atoms with Gasteiger partial charge >= 0.3 is 0 Å². The van der Waals surface area contributed by atoms with Crippen LogP contribution in [-0.2, 0) is 0 Å². The Hall–Kier alpha value is -0.860. The Kier molecular flexibility index (Phi) is 4.19. The van der Waals surface area contributed by atoms with Gasteiger partial charge in [0.1, 0.15) is 0 Å². The second-order valence-corrected chi connectivity index (χ2v) is 6.35. The van der Waals surface area contributed by atoms with E-state index in [-0.39, 0.29) is 0 Å². The largest absolute Gasteiger partial charge is 0.310 e. The van der Waals surface area contributed by atoms with Gasteiger partial charge < -0.3 is 10.2 Å². The maximum Gasteiger partial charge on any atom is 0.0169 e. The number of nitrogens with zero attached hydrogens (tertiary/aromatic N) is 1. The summed E-state index contributed by atoms with van der Waals surface area (Å²) in [6, 6.07) is 12.3.